The summed E-state index contributed by atoms with van der Waals surface area (Å²) < 4.78 is 5.64. The summed E-state index contributed by atoms with van der Waals surface area (Å²) in [6.45, 7) is 4.74. The molecule has 0 aliphatic carbocycles. The zero-order valence-electron chi connectivity index (χ0n) is 10.7. The Kier molecular flexibility index (Phi) is 3.08. The number of benzene rings is 1. The van der Waals surface area contributed by atoms with E-state index in [2.05, 4.69) is 18.3 Å². The Morgan fingerprint density at radius 2 is 2.33 bits per heavy atom. The van der Waals surface area contributed by atoms with Gasteiger partial charge < -0.3 is 10.1 Å². The first-order chi connectivity index (χ1) is 8.77. The van der Waals surface area contributed by atoms with Crippen LogP contribution in [0.15, 0.2) is 18.2 Å². The Bertz CT molecular complexity index is 470. The van der Waals surface area contributed by atoms with Crippen LogP contribution in [0.3, 0.4) is 0 Å². The van der Waals surface area contributed by atoms with Crippen molar-refractivity contribution in [3.8, 4) is 5.75 Å². The second-order valence-electron chi connectivity index (χ2n) is 5.33. The molecule has 0 spiro atoms. The lowest BCUT2D eigenvalue weighted by molar-refractivity contribution is 0.0845. The van der Waals surface area contributed by atoms with Crippen molar-refractivity contribution in [3.05, 3.63) is 29.3 Å². The van der Waals surface area contributed by atoms with Gasteiger partial charge in [0.15, 0.2) is 5.78 Å². The van der Waals surface area contributed by atoms with Crippen LogP contribution < -0.4 is 10.1 Å². The molecule has 3 heteroatoms. The molecular formula is C15H19NO2. The topological polar surface area (TPSA) is 38.3 Å². The van der Waals surface area contributed by atoms with Crippen molar-refractivity contribution in [2.45, 2.75) is 19.8 Å². The average molecular weight is 245 g/mol. The van der Waals surface area contributed by atoms with Crippen LogP contribution in [-0.4, -0.2) is 25.5 Å². The Morgan fingerprint density at radius 3 is 3.17 bits per heavy atom. The molecule has 18 heavy (non-hydrogen) atoms. The predicted molar refractivity (Wildman–Crippen MR) is 70.1 cm³/mol. The van der Waals surface area contributed by atoms with E-state index >= 15 is 0 Å². The summed E-state index contributed by atoms with van der Waals surface area (Å²) in [4.78, 5) is 12.7. The Balaban J connectivity index is 1.90. The van der Waals surface area contributed by atoms with Gasteiger partial charge in [-0.25, -0.2) is 0 Å². The number of nitrogens with one attached hydrogen (secondary N) is 1. The second kappa shape index (κ2) is 4.73. The number of hydrogen-bond acceptors (Lipinski definition) is 3. The number of carbonyl (C=O) groups excluding carboxylic acids is 1. The molecule has 0 saturated carbocycles. The maximum Gasteiger partial charge on any atom is 0.170 e. The number of fused-ring (bicyclic) bond motifs is 1. The van der Waals surface area contributed by atoms with Gasteiger partial charge in [0.1, 0.15) is 5.75 Å². The summed E-state index contributed by atoms with van der Waals surface area (Å²) in [6.07, 6.45) is 1.86. The molecule has 96 valence electrons. The fourth-order valence-electron chi connectivity index (χ4n) is 3.01. The first-order valence-electron chi connectivity index (χ1n) is 6.77. The summed E-state index contributed by atoms with van der Waals surface area (Å²) >= 11 is 0. The van der Waals surface area contributed by atoms with Crippen LogP contribution in [0.5, 0.6) is 5.75 Å². The highest BCUT2D eigenvalue weighted by Gasteiger charge is 2.31. The number of carbonyl (C=O) groups is 1. The van der Waals surface area contributed by atoms with Gasteiger partial charge in [-0.3, -0.25) is 4.79 Å². The van der Waals surface area contributed by atoms with E-state index in [1.54, 1.807) is 0 Å². The van der Waals surface area contributed by atoms with E-state index < -0.39 is 0 Å². The van der Waals surface area contributed by atoms with Gasteiger partial charge in [-0.05, 0) is 37.1 Å². The highest BCUT2D eigenvalue weighted by atomic mass is 16.5. The number of para-hydroxylation sites is 1. The summed E-state index contributed by atoms with van der Waals surface area (Å²) in [7, 11) is 0. The van der Waals surface area contributed by atoms with Crippen molar-refractivity contribution >= 4 is 5.78 Å². The van der Waals surface area contributed by atoms with Gasteiger partial charge in [0.25, 0.3) is 0 Å². The second-order valence-corrected chi connectivity index (χ2v) is 5.33. The van der Waals surface area contributed by atoms with Crippen molar-refractivity contribution in [1.82, 2.24) is 5.32 Å². The van der Waals surface area contributed by atoms with Crippen molar-refractivity contribution < 1.29 is 9.53 Å². The highest BCUT2D eigenvalue weighted by molar-refractivity contribution is 6.01. The molecule has 0 bridgehead atoms. The zero-order valence-corrected chi connectivity index (χ0v) is 10.7. The quantitative estimate of drug-likeness (QED) is 0.810. The normalized spacial score (nSPS) is 26.5. The third-order valence-corrected chi connectivity index (χ3v) is 4.10. The lowest BCUT2D eigenvalue weighted by Gasteiger charge is -2.28. The Morgan fingerprint density at radius 1 is 1.44 bits per heavy atom. The van der Waals surface area contributed by atoms with E-state index in [1.807, 2.05) is 12.1 Å². The van der Waals surface area contributed by atoms with E-state index in [-0.39, 0.29) is 11.7 Å². The van der Waals surface area contributed by atoms with Gasteiger partial charge in [-0.1, -0.05) is 19.1 Å². The summed E-state index contributed by atoms with van der Waals surface area (Å²) in [5.74, 6) is 1.65. The molecule has 1 aromatic carbocycles. The molecule has 0 amide bonds. The van der Waals surface area contributed by atoms with E-state index in [0.717, 1.165) is 37.2 Å². The van der Waals surface area contributed by atoms with Crippen LogP contribution in [0.25, 0.3) is 0 Å². The molecule has 2 aliphatic rings. The number of ketones is 1. The molecule has 0 radical (unpaired) electrons. The molecular weight excluding hydrogens is 226 g/mol. The van der Waals surface area contributed by atoms with Crippen LogP contribution in [0.2, 0.25) is 0 Å². The van der Waals surface area contributed by atoms with Crippen LogP contribution in [-0.2, 0) is 6.42 Å². The molecule has 1 saturated heterocycles. The lowest BCUT2D eigenvalue weighted by Crippen LogP contribution is -2.38. The molecule has 1 N–H and O–H groups in total. The minimum Gasteiger partial charge on any atom is -0.492 e. The van der Waals surface area contributed by atoms with Crippen LogP contribution in [0.1, 0.15) is 29.3 Å². The zero-order chi connectivity index (χ0) is 12.5. The van der Waals surface area contributed by atoms with Gasteiger partial charge in [0.05, 0.1) is 12.2 Å². The van der Waals surface area contributed by atoms with E-state index in [4.69, 9.17) is 4.74 Å². The van der Waals surface area contributed by atoms with Crippen molar-refractivity contribution in [1.29, 1.82) is 0 Å². The third kappa shape index (κ3) is 1.93. The first-order valence-corrected chi connectivity index (χ1v) is 6.77. The average Bonchev–Trinajstić information content (AvgIpc) is 2.86. The molecule has 1 aromatic rings. The summed E-state index contributed by atoms with van der Waals surface area (Å²) in [5, 5.41) is 3.34. The molecule has 2 unspecified atom stereocenters. The monoisotopic (exact) mass is 245 g/mol. The van der Waals surface area contributed by atoms with Gasteiger partial charge in [-0.15, -0.1) is 0 Å². The van der Waals surface area contributed by atoms with Gasteiger partial charge in [-0.2, -0.15) is 0 Å². The minimum absolute atomic E-state index is 0.141. The van der Waals surface area contributed by atoms with Gasteiger partial charge >= 0.3 is 0 Å². The van der Waals surface area contributed by atoms with Gasteiger partial charge in [0.2, 0.25) is 0 Å². The molecule has 2 atom stereocenters. The Hall–Kier alpha value is -1.35. The molecule has 1 fully saturated rings. The van der Waals surface area contributed by atoms with Crippen LogP contribution in [0, 0.1) is 11.8 Å². The SMILES string of the molecule is CC1CNCCC1C(=O)c1cccc2c1OCC2. The number of piperidine rings is 1. The smallest absolute Gasteiger partial charge is 0.170 e. The predicted octanol–water partition coefficient (Wildman–Crippen LogP) is 2.05. The molecule has 2 heterocycles. The number of Topliss-reactive ketones (excluding diaryl/α,β-unsaturated/α-hetero) is 1. The van der Waals surface area contributed by atoms with E-state index in [1.165, 1.54) is 5.56 Å². The van der Waals surface area contributed by atoms with E-state index in [0.29, 0.717) is 12.5 Å². The maximum atomic E-state index is 12.7. The van der Waals surface area contributed by atoms with Crippen molar-refractivity contribution in [2.24, 2.45) is 11.8 Å². The number of rotatable bonds is 2. The highest BCUT2D eigenvalue weighted by Crippen LogP contribution is 2.33. The maximum absolute atomic E-state index is 12.7. The van der Waals surface area contributed by atoms with Crippen LogP contribution in [0.4, 0.5) is 0 Å². The Labute approximate surface area is 108 Å². The standard InChI is InChI=1S/C15H19NO2/c1-10-9-16-7-5-12(10)14(17)13-4-2-3-11-6-8-18-15(11)13/h2-4,10,12,16H,5-9H2,1H3. The van der Waals surface area contributed by atoms with Crippen molar-refractivity contribution in [2.75, 3.05) is 19.7 Å². The van der Waals surface area contributed by atoms with E-state index in [9.17, 15) is 4.79 Å². The minimum atomic E-state index is 0.141. The largest absolute Gasteiger partial charge is 0.492 e. The fraction of sp³-hybridized carbons (Fsp3) is 0.533. The molecule has 3 nitrogen and oxygen atoms in total. The first kappa shape index (κ1) is 11.7. The molecule has 0 aromatic heterocycles. The van der Waals surface area contributed by atoms with Crippen LogP contribution >= 0.6 is 0 Å². The fourth-order valence-corrected chi connectivity index (χ4v) is 3.01. The number of ether oxygens (including phenoxy) is 1. The molecule has 3 rings (SSSR count). The van der Waals surface area contributed by atoms with Crippen molar-refractivity contribution in [3.63, 3.8) is 0 Å². The summed E-state index contributed by atoms with van der Waals surface area (Å²) in [6, 6.07) is 5.96. The number of hydrogen-bond donors (Lipinski definition) is 1. The molecule has 2 aliphatic heterocycles. The third-order valence-electron chi connectivity index (χ3n) is 4.10. The van der Waals surface area contributed by atoms with Gasteiger partial charge in [0, 0.05) is 12.3 Å². The summed E-state index contributed by atoms with van der Waals surface area (Å²) in [5.41, 5.74) is 1.98. The lowest BCUT2D eigenvalue weighted by atomic mass is 9.81.